The number of nitriles is 1. The molecular formula is C16H20N4O5. The molecule has 134 valence electrons. The second kappa shape index (κ2) is 8.63. The fourth-order valence-electron chi connectivity index (χ4n) is 1.94. The zero-order valence-corrected chi connectivity index (χ0v) is 14.2. The van der Waals surface area contributed by atoms with Gasteiger partial charge in [0.25, 0.3) is 5.69 Å². The number of nitrogens with one attached hydrogen (secondary N) is 2. The fourth-order valence-corrected chi connectivity index (χ4v) is 1.94. The molecule has 2 amide bonds. The highest BCUT2D eigenvalue weighted by atomic mass is 16.6. The van der Waals surface area contributed by atoms with Gasteiger partial charge in [-0.1, -0.05) is 12.1 Å². The van der Waals surface area contributed by atoms with Gasteiger partial charge in [0.2, 0.25) is 5.91 Å². The first kappa shape index (κ1) is 19.9. The van der Waals surface area contributed by atoms with Gasteiger partial charge in [-0.15, -0.1) is 0 Å². The van der Waals surface area contributed by atoms with E-state index in [2.05, 4.69) is 10.6 Å². The highest BCUT2D eigenvalue weighted by Gasteiger charge is 2.25. The van der Waals surface area contributed by atoms with Crippen LogP contribution in [-0.4, -0.2) is 35.1 Å². The molecular weight excluding hydrogens is 328 g/mol. The van der Waals surface area contributed by atoms with Crippen LogP contribution in [0, 0.1) is 21.4 Å². The summed E-state index contributed by atoms with van der Waals surface area (Å²) >= 11 is 0. The maximum Gasteiger partial charge on any atom is 0.408 e. The molecule has 0 bridgehead atoms. The number of carbonyl (C=O) groups is 2. The SMILES string of the molecule is CC(C)(C)OC(=O)N[C@@H](Cc1cccc([N+](=O)[O-])c1)C(=O)NCC#N. The summed E-state index contributed by atoms with van der Waals surface area (Å²) < 4.78 is 5.12. The van der Waals surface area contributed by atoms with Crippen molar-refractivity contribution in [3.05, 3.63) is 39.9 Å². The van der Waals surface area contributed by atoms with Crippen LogP contribution < -0.4 is 10.6 Å². The molecule has 2 N–H and O–H groups in total. The normalized spacial score (nSPS) is 11.8. The zero-order valence-electron chi connectivity index (χ0n) is 14.2. The second-order valence-electron chi connectivity index (χ2n) is 6.21. The third kappa shape index (κ3) is 7.30. The number of non-ortho nitro benzene ring substituents is 1. The quantitative estimate of drug-likeness (QED) is 0.456. The number of nitrogens with zero attached hydrogens (tertiary/aromatic N) is 2. The van der Waals surface area contributed by atoms with Crippen molar-refractivity contribution in [1.82, 2.24) is 10.6 Å². The molecule has 1 rings (SSSR count). The van der Waals surface area contributed by atoms with Crippen molar-refractivity contribution in [2.75, 3.05) is 6.54 Å². The number of ether oxygens (including phenoxy) is 1. The van der Waals surface area contributed by atoms with E-state index in [4.69, 9.17) is 10.00 Å². The third-order valence-corrected chi connectivity index (χ3v) is 2.91. The van der Waals surface area contributed by atoms with Crippen LogP contribution in [0.25, 0.3) is 0 Å². The minimum Gasteiger partial charge on any atom is -0.444 e. The Hall–Kier alpha value is -3.15. The molecule has 0 aliphatic carbocycles. The average molecular weight is 348 g/mol. The molecule has 9 nitrogen and oxygen atoms in total. The van der Waals surface area contributed by atoms with Crippen LogP contribution in [0.2, 0.25) is 0 Å². The lowest BCUT2D eigenvalue weighted by Gasteiger charge is -2.23. The summed E-state index contributed by atoms with van der Waals surface area (Å²) in [7, 11) is 0. The average Bonchev–Trinajstić information content (AvgIpc) is 2.50. The lowest BCUT2D eigenvalue weighted by Crippen LogP contribution is -2.49. The molecule has 0 aliphatic heterocycles. The third-order valence-electron chi connectivity index (χ3n) is 2.91. The van der Waals surface area contributed by atoms with E-state index in [9.17, 15) is 19.7 Å². The molecule has 9 heteroatoms. The Balaban J connectivity index is 2.92. The van der Waals surface area contributed by atoms with E-state index >= 15 is 0 Å². The Morgan fingerprint density at radius 3 is 2.64 bits per heavy atom. The van der Waals surface area contributed by atoms with Gasteiger partial charge in [-0.25, -0.2) is 4.79 Å². The van der Waals surface area contributed by atoms with Crippen LogP contribution in [-0.2, 0) is 16.0 Å². The van der Waals surface area contributed by atoms with Gasteiger partial charge in [0.15, 0.2) is 0 Å². The number of hydrogen-bond donors (Lipinski definition) is 2. The van der Waals surface area contributed by atoms with E-state index in [1.165, 1.54) is 18.2 Å². The molecule has 0 aliphatic rings. The number of nitro groups is 1. The Bertz CT molecular complexity index is 691. The molecule has 0 heterocycles. The fraction of sp³-hybridized carbons (Fsp3) is 0.438. The van der Waals surface area contributed by atoms with Gasteiger partial charge in [0.1, 0.15) is 18.2 Å². The summed E-state index contributed by atoms with van der Waals surface area (Å²) in [4.78, 5) is 34.4. The summed E-state index contributed by atoms with van der Waals surface area (Å²) in [5.41, 5.74) is -0.378. The number of amides is 2. The number of nitro benzene ring substituents is 1. The maximum absolute atomic E-state index is 12.2. The van der Waals surface area contributed by atoms with Crippen molar-refractivity contribution < 1.29 is 19.2 Å². The molecule has 1 aromatic carbocycles. The first-order valence-electron chi connectivity index (χ1n) is 7.50. The lowest BCUT2D eigenvalue weighted by atomic mass is 10.0. The van der Waals surface area contributed by atoms with Crippen molar-refractivity contribution in [1.29, 1.82) is 5.26 Å². The van der Waals surface area contributed by atoms with Gasteiger partial charge in [0, 0.05) is 18.6 Å². The van der Waals surface area contributed by atoms with E-state index in [0.717, 1.165) is 0 Å². The minimum absolute atomic E-state index is 0.0121. The number of alkyl carbamates (subject to hydrolysis) is 1. The number of carbonyl (C=O) groups excluding carboxylic acids is 2. The Labute approximate surface area is 145 Å². The summed E-state index contributed by atoms with van der Waals surface area (Å²) in [6, 6.07) is 6.48. The number of hydrogen-bond acceptors (Lipinski definition) is 6. The van der Waals surface area contributed by atoms with E-state index in [1.807, 2.05) is 0 Å². The van der Waals surface area contributed by atoms with Crippen LogP contribution in [0.15, 0.2) is 24.3 Å². The highest BCUT2D eigenvalue weighted by Crippen LogP contribution is 2.15. The molecule has 0 spiro atoms. The van der Waals surface area contributed by atoms with Crippen LogP contribution in [0.4, 0.5) is 10.5 Å². The van der Waals surface area contributed by atoms with Crippen molar-refractivity contribution in [3.8, 4) is 6.07 Å². The number of rotatable bonds is 6. The molecule has 1 aromatic rings. The topological polar surface area (TPSA) is 134 Å². The van der Waals surface area contributed by atoms with E-state index in [-0.39, 0.29) is 18.7 Å². The second-order valence-corrected chi connectivity index (χ2v) is 6.21. The van der Waals surface area contributed by atoms with Crippen LogP contribution in [0.3, 0.4) is 0 Å². The minimum atomic E-state index is -1.04. The zero-order chi connectivity index (χ0) is 19.0. The first-order valence-corrected chi connectivity index (χ1v) is 7.50. The molecule has 25 heavy (non-hydrogen) atoms. The summed E-state index contributed by atoms with van der Waals surface area (Å²) in [6.07, 6.45) is -0.784. The van der Waals surface area contributed by atoms with E-state index in [1.54, 1.807) is 32.9 Å². The van der Waals surface area contributed by atoms with Gasteiger partial charge in [-0.3, -0.25) is 14.9 Å². The summed E-state index contributed by atoms with van der Waals surface area (Å²) in [5.74, 6) is -0.584. The Kier molecular flexibility index (Phi) is 6.87. The smallest absolute Gasteiger partial charge is 0.408 e. The molecule has 1 atom stereocenters. The standard InChI is InChI=1S/C16H20N4O5/c1-16(2,3)25-15(22)19-13(14(21)18-8-7-17)10-11-5-4-6-12(9-11)20(23)24/h4-6,9,13H,8,10H2,1-3H3,(H,18,21)(H,19,22)/t13-/m0/s1. The highest BCUT2D eigenvalue weighted by molar-refractivity contribution is 5.86. The molecule has 0 aromatic heterocycles. The number of benzene rings is 1. The van der Waals surface area contributed by atoms with E-state index in [0.29, 0.717) is 5.56 Å². The van der Waals surface area contributed by atoms with Crippen molar-refractivity contribution in [3.63, 3.8) is 0 Å². The van der Waals surface area contributed by atoms with Crippen LogP contribution in [0.5, 0.6) is 0 Å². The molecule has 0 fully saturated rings. The van der Waals surface area contributed by atoms with E-state index < -0.39 is 28.6 Å². The molecule has 0 unspecified atom stereocenters. The largest absolute Gasteiger partial charge is 0.444 e. The van der Waals surface area contributed by atoms with Crippen molar-refractivity contribution in [2.24, 2.45) is 0 Å². The van der Waals surface area contributed by atoms with Gasteiger partial charge < -0.3 is 15.4 Å². The predicted octanol–water partition coefficient (Wildman–Crippen LogP) is 1.67. The summed E-state index contributed by atoms with van der Waals surface area (Å²) in [5, 5.41) is 24.2. The van der Waals surface area contributed by atoms with Gasteiger partial charge in [0.05, 0.1) is 11.0 Å². The monoisotopic (exact) mass is 348 g/mol. The van der Waals surface area contributed by atoms with Gasteiger partial charge in [-0.2, -0.15) is 5.26 Å². The van der Waals surface area contributed by atoms with Gasteiger partial charge in [-0.05, 0) is 26.3 Å². The predicted molar refractivity (Wildman–Crippen MR) is 88.6 cm³/mol. The van der Waals surface area contributed by atoms with Crippen LogP contribution in [0.1, 0.15) is 26.3 Å². The summed E-state index contributed by atoms with van der Waals surface area (Å²) in [6.45, 7) is 4.81. The maximum atomic E-state index is 12.2. The van der Waals surface area contributed by atoms with Crippen molar-refractivity contribution in [2.45, 2.75) is 38.8 Å². The lowest BCUT2D eigenvalue weighted by molar-refractivity contribution is -0.384. The van der Waals surface area contributed by atoms with Crippen molar-refractivity contribution >= 4 is 17.7 Å². The van der Waals surface area contributed by atoms with Gasteiger partial charge >= 0.3 is 6.09 Å². The Morgan fingerprint density at radius 1 is 1.40 bits per heavy atom. The van der Waals surface area contributed by atoms with Crippen LogP contribution >= 0.6 is 0 Å². The molecule has 0 radical (unpaired) electrons. The Morgan fingerprint density at radius 2 is 2.08 bits per heavy atom. The molecule has 0 saturated carbocycles. The molecule has 0 saturated heterocycles. The first-order chi connectivity index (χ1) is 11.6.